The van der Waals surface area contributed by atoms with Gasteiger partial charge in [-0.15, -0.1) is 0 Å². The number of aromatic nitrogens is 2. The lowest BCUT2D eigenvalue weighted by Crippen LogP contribution is -1.99. The van der Waals surface area contributed by atoms with Crippen molar-refractivity contribution in [2.75, 3.05) is 0 Å². The van der Waals surface area contributed by atoms with E-state index in [0.717, 1.165) is 25.3 Å². The summed E-state index contributed by atoms with van der Waals surface area (Å²) in [5.74, 6) is -1.08. The summed E-state index contributed by atoms with van der Waals surface area (Å²) in [5, 5.41) is 0. The van der Waals surface area contributed by atoms with E-state index >= 15 is 0 Å². The van der Waals surface area contributed by atoms with Gasteiger partial charge in [0.1, 0.15) is 5.52 Å². The van der Waals surface area contributed by atoms with E-state index in [2.05, 4.69) is 11.9 Å². The standard InChI is InChI=1S/C13H14F2N2S/c1-2-3-7-6-10(7)17-12-9(16-13(17)18)5-4-8(14)11(12)15/h4-5,7,10H,2-3,6H2,1H3,(H,16,18). The minimum Gasteiger partial charge on any atom is -0.330 e. The zero-order valence-corrected chi connectivity index (χ0v) is 10.9. The fraction of sp³-hybridized carbons (Fsp3) is 0.462. The van der Waals surface area contributed by atoms with Crippen molar-refractivity contribution in [2.24, 2.45) is 5.92 Å². The Morgan fingerprint density at radius 1 is 1.44 bits per heavy atom. The molecule has 2 nitrogen and oxygen atoms in total. The van der Waals surface area contributed by atoms with Crippen molar-refractivity contribution in [2.45, 2.75) is 32.2 Å². The van der Waals surface area contributed by atoms with Crippen LogP contribution in [0.3, 0.4) is 0 Å². The van der Waals surface area contributed by atoms with Gasteiger partial charge in [0.15, 0.2) is 16.4 Å². The van der Waals surface area contributed by atoms with Crippen molar-refractivity contribution in [3.63, 3.8) is 0 Å². The van der Waals surface area contributed by atoms with Crippen LogP contribution in [0.25, 0.3) is 11.0 Å². The lowest BCUT2D eigenvalue weighted by atomic mass is 10.2. The summed E-state index contributed by atoms with van der Waals surface area (Å²) in [6.45, 7) is 2.13. The van der Waals surface area contributed by atoms with Crippen LogP contribution in [0.15, 0.2) is 12.1 Å². The van der Waals surface area contributed by atoms with Gasteiger partial charge >= 0.3 is 0 Å². The Morgan fingerprint density at radius 3 is 2.94 bits per heavy atom. The van der Waals surface area contributed by atoms with E-state index in [4.69, 9.17) is 12.2 Å². The van der Waals surface area contributed by atoms with E-state index in [0.29, 0.717) is 16.2 Å². The van der Waals surface area contributed by atoms with Crippen molar-refractivity contribution in [1.82, 2.24) is 9.55 Å². The zero-order valence-electron chi connectivity index (χ0n) is 10.0. The molecule has 1 saturated carbocycles. The first-order chi connectivity index (χ1) is 8.63. The Balaban J connectivity index is 2.15. The van der Waals surface area contributed by atoms with E-state index in [1.54, 1.807) is 4.57 Å². The highest BCUT2D eigenvalue weighted by molar-refractivity contribution is 7.71. The van der Waals surface area contributed by atoms with Crippen molar-refractivity contribution >= 4 is 23.3 Å². The molecular weight excluding hydrogens is 254 g/mol. The van der Waals surface area contributed by atoms with Crippen LogP contribution in [0.5, 0.6) is 0 Å². The Hall–Kier alpha value is -1.23. The maximum absolute atomic E-state index is 13.9. The molecule has 1 aliphatic rings. The molecule has 1 aromatic heterocycles. The van der Waals surface area contributed by atoms with Gasteiger partial charge in [0.2, 0.25) is 0 Å². The first kappa shape index (κ1) is 11.8. The predicted octanol–water partition coefficient (Wildman–Crippen LogP) is 4.34. The Bertz CT molecular complexity index is 659. The second-order valence-corrected chi connectivity index (χ2v) is 5.30. The molecule has 2 aromatic rings. The lowest BCUT2D eigenvalue weighted by Gasteiger charge is -2.04. The molecule has 0 spiro atoms. The van der Waals surface area contributed by atoms with Gasteiger partial charge in [0.05, 0.1) is 5.52 Å². The molecule has 0 radical (unpaired) electrons. The third-order valence-electron chi connectivity index (χ3n) is 3.65. The van der Waals surface area contributed by atoms with Crippen LogP contribution in [0, 0.1) is 22.3 Å². The Labute approximate surface area is 109 Å². The molecule has 0 aliphatic heterocycles. The van der Waals surface area contributed by atoms with Gasteiger partial charge in [0, 0.05) is 6.04 Å². The van der Waals surface area contributed by atoms with E-state index in [1.165, 1.54) is 6.07 Å². The number of nitrogens with zero attached hydrogens (tertiary/aromatic N) is 1. The number of hydrogen-bond acceptors (Lipinski definition) is 1. The highest BCUT2D eigenvalue weighted by Gasteiger charge is 2.39. The minimum absolute atomic E-state index is 0.225. The summed E-state index contributed by atoms with van der Waals surface area (Å²) in [4.78, 5) is 2.95. The van der Waals surface area contributed by atoms with Crippen molar-refractivity contribution in [1.29, 1.82) is 0 Å². The number of rotatable bonds is 3. The van der Waals surface area contributed by atoms with E-state index in [-0.39, 0.29) is 11.6 Å². The summed E-state index contributed by atoms with van der Waals surface area (Å²) in [6, 6.07) is 2.89. The minimum atomic E-state index is -0.821. The van der Waals surface area contributed by atoms with Crippen molar-refractivity contribution in [3.05, 3.63) is 28.5 Å². The molecule has 96 valence electrons. The van der Waals surface area contributed by atoms with Crippen LogP contribution >= 0.6 is 12.2 Å². The number of hydrogen-bond donors (Lipinski definition) is 1. The van der Waals surface area contributed by atoms with Gasteiger partial charge in [-0.25, -0.2) is 8.78 Å². The van der Waals surface area contributed by atoms with Gasteiger partial charge in [-0.1, -0.05) is 13.3 Å². The molecule has 1 N–H and O–H groups in total. The number of halogens is 2. The Morgan fingerprint density at radius 2 is 2.22 bits per heavy atom. The molecule has 3 rings (SSSR count). The summed E-state index contributed by atoms with van der Waals surface area (Å²) >= 11 is 5.23. The second kappa shape index (κ2) is 4.16. The molecule has 1 heterocycles. The van der Waals surface area contributed by atoms with Crippen LogP contribution in [-0.2, 0) is 0 Å². The SMILES string of the molecule is CCCC1CC1n1c(=S)[nH]c2ccc(F)c(F)c21. The first-order valence-electron chi connectivity index (χ1n) is 6.21. The summed E-state index contributed by atoms with van der Waals surface area (Å²) in [5.41, 5.74) is 0.852. The highest BCUT2D eigenvalue weighted by atomic mass is 32.1. The van der Waals surface area contributed by atoms with Crippen molar-refractivity contribution in [3.8, 4) is 0 Å². The molecule has 5 heteroatoms. The normalized spacial score (nSPS) is 22.6. The zero-order chi connectivity index (χ0) is 12.9. The number of aromatic amines is 1. The lowest BCUT2D eigenvalue weighted by molar-refractivity contribution is 0.509. The van der Waals surface area contributed by atoms with E-state index < -0.39 is 11.6 Å². The average Bonchev–Trinajstić information content (AvgIpc) is 2.99. The summed E-state index contributed by atoms with van der Waals surface area (Å²) < 4.78 is 29.5. The molecule has 2 atom stereocenters. The van der Waals surface area contributed by atoms with Gasteiger partial charge in [0.25, 0.3) is 0 Å². The number of nitrogens with one attached hydrogen (secondary N) is 1. The maximum atomic E-state index is 13.9. The van der Waals surface area contributed by atoms with Crippen LogP contribution in [0.4, 0.5) is 8.78 Å². The van der Waals surface area contributed by atoms with Gasteiger partial charge in [-0.3, -0.25) is 0 Å². The molecule has 18 heavy (non-hydrogen) atoms. The van der Waals surface area contributed by atoms with Gasteiger partial charge in [-0.2, -0.15) is 0 Å². The topological polar surface area (TPSA) is 20.7 Å². The number of fused-ring (bicyclic) bond motifs is 1. The van der Waals surface area contributed by atoms with Gasteiger partial charge in [-0.05, 0) is 43.1 Å². The largest absolute Gasteiger partial charge is 0.330 e. The first-order valence-corrected chi connectivity index (χ1v) is 6.62. The molecule has 1 aliphatic carbocycles. The van der Waals surface area contributed by atoms with Crippen LogP contribution in [0.1, 0.15) is 32.2 Å². The van der Waals surface area contributed by atoms with E-state index in [1.807, 2.05) is 0 Å². The molecule has 0 bridgehead atoms. The van der Waals surface area contributed by atoms with Gasteiger partial charge < -0.3 is 9.55 Å². The Kier molecular flexibility index (Phi) is 2.73. The predicted molar refractivity (Wildman–Crippen MR) is 69.1 cm³/mol. The maximum Gasteiger partial charge on any atom is 0.184 e. The highest BCUT2D eigenvalue weighted by Crippen LogP contribution is 2.48. The average molecular weight is 268 g/mol. The molecule has 2 unspecified atom stereocenters. The third-order valence-corrected chi connectivity index (χ3v) is 3.95. The molecular formula is C13H14F2N2S. The molecule has 1 aromatic carbocycles. The summed E-state index contributed by atoms with van der Waals surface area (Å²) in [7, 11) is 0. The number of imidazole rings is 1. The quantitative estimate of drug-likeness (QED) is 0.821. The monoisotopic (exact) mass is 268 g/mol. The molecule has 0 amide bonds. The molecule has 1 fully saturated rings. The smallest absolute Gasteiger partial charge is 0.184 e. The number of benzene rings is 1. The third kappa shape index (κ3) is 1.68. The fourth-order valence-electron chi connectivity index (χ4n) is 2.70. The number of H-pyrrole nitrogens is 1. The van der Waals surface area contributed by atoms with Crippen molar-refractivity contribution < 1.29 is 8.78 Å². The summed E-state index contributed by atoms with van der Waals surface area (Å²) in [6.07, 6.45) is 3.22. The van der Waals surface area contributed by atoms with E-state index in [9.17, 15) is 8.78 Å². The van der Waals surface area contributed by atoms with Crippen LogP contribution in [0.2, 0.25) is 0 Å². The fourth-order valence-corrected chi connectivity index (χ4v) is 3.04. The van der Waals surface area contributed by atoms with Crippen LogP contribution in [-0.4, -0.2) is 9.55 Å². The molecule has 0 saturated heterocycles. The second-order valence-electron chi connectivity index (χ2n) is 4.91. The van der Waals surface area contributed by atoms with Crippen LogP contribution < -0.4 is 0 Å².